The molecule has 0 bridgehead atoms. The van der Waals surface area contributed by atoms with Crippen LogP contribution in [0.3, 0.4) is 0 Å². The molecule has 65 valence electrons. The zero-order chi connectivity index (χ0) is 9.35. The van der Waals surface area contributed by atoms with E-state index in [1.54, 1.807) is 0 Å². The van der Waals surface area contributed by atoms with Gasteiger partial charge in [-0.3, -0.25) is 0 Å². The molecule has 0 saturated heterocycles. The highest BCUT2D eigenvalue weighted by atomic mass is 32.2. The molecular weight excluding hydrogens is 184 g/mol. The van der Waals surface area contributed by atoms with E-state index in [1.165, 1.54) is 0 Å². The van der Waals surface area contributed by atoms with Gasteiger partial charge in [-0.15, -0.1) is 0 Å². The van der Waals surface area contributed by atoms with E-state index >= 15 is 0 Å². The van der Waals surface area contributed by atoms with Gasteiger partial charge in [0.05, 0.1) is 0 Å². The Kier molecular flexibility index (Phi) is 1.95. The molecule has 0 aliphatic heterocycles. The molecule has 0 aliphatic rings. The zero-order valence-corrected chi connectivity index (χ0v) is 6.58. The van der Waals surface area contributed by atoms with Gasteiger partial charge in [0, 0.05) is 6.07 Å². The Balaban J connectivity index is 3.39. The molecule has 1 aromatic carbocycles. The van der Waals surface area contributed by atoms with Crippen LogP contribution in [-0.2, 0) is 14.7 Å². The molecule has 5 nitrogen and oxygen atoms in total. The third-order valence-corrected chi connectivity index (χ3v) is 2.10. The van der Waals surface area contributed by atoms with Crippen LogP contribution in [0.4, 0.5) is 0 Å². The Morgan fingerprint density at radius 2 is 1.75 bits per heavy atom. The second kappa shape index (κ2) is 2.65. The molecule has 1 radical (unpaired) electrons. The van der Waals surface area contributed by atoms with Gasteiger partial charge in [0.25, 0.3) is 0 Å². The lowest BCUT2D eigenvalue weighted by atomic mass is 10.3. The Morgan fingerprint density at radius 3 is 2.17 bits per heavy atom. The van der Waals surface area contributed by atoms with Crippen LogP contribution in [0, 0.1) is 0 Å². The third kappa shape index (κ3) is 1.66. The summed E-state index contributed by atoms with van der Waals surface area (Å²) in [6, 6.07) is 2.63. The molecule has 0 aliphatic carbocycles. The fourth-order valence-electron chi connectivity index (χ4n) is 0.717. The van der Waals surface area contributed by atoms with Crippen molar-refractivity contribution < 1.29 is 23.2 Å². The normalized spacial score (nSPS) is 11.4. The van der Waals surface area contributed by atoms with Gasteiger partial charge in [0.15, 0.2) is 0 Å². The van der Waals surface area contributed by atoms with Gasteiger partial charge in [0.1, 0.15) is 16.4 Å². The van der Waals surface area contributed by atoms with Crippen LogP contribution in [0.5, 0.6) is 11.5 Å². The highest BCUT2D eigenvalue weighted by molar-refractivity contribution is 7.85. The van der Waals surface area contributed by atoms with Crippen LogP contribution >= 0.6 is 0 Å². The molecule has 1 rings (SSSR count). The number of hydrogen-bond acceptors (Lipinski definition) is 4. The summed E-state index contributed by atoms with van der Waals surface area (Å²) < 4.78 is 31.1. The predicted octanol–water partition coefficient (Wildman–Crippen LogP) is 0.217. The van der Waals surface area contributed by atoms with Crippen molar-refractivity contribution in [3.63, 3.8) is 0 Å². The Hall–Kier alpha value is -1.27. The van der Waals surface area contributed by atoms with Crippen molar-refractivity contribution >= 4 is 10.1 Å². The van der Waals surface area contributed by atoms with Crippen molar-refractivity contribution in [3.05, 3.63) is 18.2 Å². The summed E-state index contributed by atoms with van der Waals surface area (Å²) in [4.78, 5) is -0.736. The maximum absolute atomic E-state index is 10.4. The van der Waals surface area contributed by atoms with Crippen molar-refractivity contribution in [2.75, 3.05) is 0 Å². The van der Waals surface area contributed by atoms with Gasteiger partial charge in [-0.05, 0) is 12.1 Å². The van der Waals surface area contributed by atoms with E-state index in [-0.39, 0.29) is 5.75 Å². The van der Waals surface area contributed by atoms with E-state index in [9.17, 15) is 13.0 Å². The Bertz CT molecular complexity index is 394. The first kappa shape index (κ1) is 8.82. The van der Waals surface area contributed by atoms with Crippen LogP contribution in [0.2, 0.25) is 0 Å². The molecule has 0 aromatic heterocycles. The summed E-state index contributed by atoms with van der Waals surface area (Å²) in [6.07, 6.45) is 0. The van der Waals surface area contributed by atoms with E-state index < -0.39 is 20.8 Å². The van der Waals surface area contributed by atoms with Gasteiger partial charge in [0.2, 0.25) is 0 Å². The number of aromatic hydroxyl groups is 2. The third-order valence-electron chi connectivity index (χ3n) is 1.21. The molecule has 0 spiro atoms. The summed E-state index contributed by atoms with van der Waals surface area (Å²) in [5, 5.41) is 17.6. The van der Waals surface area contributed by atoms with E-state index in [1.807, 2.05) is 0 Å². The monoisotopic (exact) mass is 189 g/mol. The Morgan fingerprint density at radius 1 is 1.17 bits per heavy atom. The van der Waals surface area contributed by atoms with Crippen molar-refractivity contribution in [1.82, 2.24) is 0 Å². The minimum Gasteiger partial charge on any atom is -0.508 e. The van der Waals surface area contributed by atoms with Crippen molar-refractivity contribution in [2.45, 2.75) is 4.90 Å². The molecule has 6 heteroatoms. The molecule has 12 heavy (non-hydrogen) atoms. The molecule has 0 amide bonds. The minimum absolute atomic E-state index is 0.306. The van der Waals surface area contributed by atoms with Gasteiger partial charge in [-0.2, -0.15) is 8.42 Å². The molecule has 1 aromatic rings. The zero-order valence-electron chi connectivity index (χ0n) is 5.76. The van der Waals surface area contributed by atoms with Crippen LogP contribution in [0.25, 0.3) is 0 Å². The van der Waals surface area contributed by atoms with Gasteiger partial charge in [-0.25, -0.2) is 0 Å². The molecular formula is C6H5O5S. The summed E-state index contributed by atoms with van der Waals surface area (Å²) in [6.45, 7) is 0. The van der Waals surface area contributed by atoms with E-state index in [4.69, 9.17) is 10.2 Å². The molecule has 0 fully saturated rings. The van der Waals surface area contributed by atoms with Gasteiger partial charge in [-0.1, -0.05) is 4.55 Å². The topological polar surface area (TPSA) is 94.5 Å². The van der Waals surface area contributed by atoms with E-state index in [2.05, 4.69) is 0 Å². The van der Waals surface area contributed by atoms with Gasteiger partial charge >= 0.3 is 10.1 Å². The van der Waals surface area contributed by atoms with Crippen LogP contribution in [0.1, 0.15) is 0 Å². The lowest BCUT2D eigenvalue weighted by molar-refractivity contribution is 0.400. The van der Waals surface area contributed by atoms with Crippen molar-refractivity contribution in [3.8, 4) is 11.5 Å². The molecule has 0 heterocycles. The lowest BCUT2D eigenvalue weighted by Gasteiger charge is -1.98. The summed E-state index contributed by atoms with van der Waals surface area (Å²) >= 11 is 0. The minimum atomic E-state index is -4.66. The largest absolute Gasteiger partial charge is 0.508 e. The van der Waals surface area contributed by atoms with Crippen molar-refractivity contribution in [1.29, 1.82) is 0 Å². The highest BCUT2D eigenvalue weighted by Crippen LogP contribution is 2.26. The van der Waals surface area contributed by atoms with Crippen LogP contribution < -0.4 is 0 Å². The number of rotatable bonds is 1. The van der Waals surface area contributed by atoms with Gasteiger partial charge < -0.3 is 10.2 Å². The van der Waals surface area contributed by atoms with Crippen molar-refractivity contribution in [2.24, 2.45) is 0 Å². The molecule has 0 unspecified atom stereocenters. The first-order chi connectivity index (χ1) is 5.41. The predicted molar refractivity (Wildman–Crippen MR) is 37.6 cm³/mol. The average molecular weight is 189 g/mol. The summed E-state index contributed by atoms with van der Waals surface area (Å²) in [5.41, 5.74) is 0. The highest BCUT2D eigenvalue weighted by Gasteiger charge is 2.16. The number of benzene rings is 1. The van der Waals surface area contributed by atoms with Crippen LogP contribution in [0.15, 0.2) is 23.1 Å². The maximum Gasteiger partial charge on any atom is 0.327 e. The van der Waals surface area contributed by atoms with E-state index in [0.717, 1.165) is 18.2 Å². The maximum atomic E-state index is 10.4. The fraction of sp³-hybridized carbons (Fsp3) is 0. The first-order valence-corrected chi connectivity index (χ1v) is 4.30. The smallest absolute Gasteiger partial charge is 0.327 e. The van der Waals surface area contributed by atoms with E-state index in [0.29, 0.717) is 0 Å². The van der Waals surface area contributed by atoms with Crippen LogP contribution in [-0.4, -0.2) is 18.6 Å². The number of hydrogen-bond donors (Lipinski definition) is 2. The molecule has 2 N–H and O–H groups in total. The lowest BCUT2D eigenvalue weighted by Crippen LogP contribution is -1.95. The average Bonchev–Trinajstić information content (AvgIpc) is 1.83. The standard InChI is InChI=1S/C6H5O5S/c7-4-1-2-6(5(8)3-4)12(9,10)11/h1-3,7-8H. The Labute approximate surface area is 68.6 Å². The number of phenolic OH excluding ortho intramolecular Hbond substituents is 2. The second-order valence-electron chi connectivity index (χ2n) is 2.11. The SMILES string of the molecule is [O]S(=O)(=O)c1ccc(O)cc1O. The summed E-state index contributed by atoms with van der Waals surface area (Å²) in [7, 11) is -4.66. The first-order valence-electron chi connectivity index (χ1n) is 2.89. The fourth-order valence-corrected chi connectivity index (χ4v) is 1.27. The summed E-state index contributed by atoms with van der Waals surface area (Å²) in [5.74, 6) is -1.05. The molecule has 0 atom stereocenters. The molecule has 0 saturated carbocycles. The quantitative estimate of drug-likeness (QED) is 0.660. The number of phenols is 2. The second-order valence-corrected chi connectivity index (χ2v) is 3.45.